The Balaban J connectivity index is 2.57. The number of carboxylic acid groups (broad SMARTS) is 1. The number of benzene rings is 1. The number of unbranched alkanes of at least 4 members (excludes halogenated alkanes) is 1. The van der Waals surface area contributed by atoms with Crippen LogP contribution in [-0.4, -0.2) is 23.1 Å². The normalized spacial score (nSPS) is 13.3. The largest absolute Gasteiger partial charge is 0.480 e. The van der Waals surface area contributed by atoms with Crippen molar-refractivity contribution in [2.24, 2.45) is 0 Å². The first kappa shape index (κ1) is 17.5. The van der Waals surface area contributed by atoms with Crippen molar-refractivity contribution >= 4 is 27.9 Å². The number of aliphatic carboxylic acids is 1. The molecule has 21 heavy (non-hydrogen) atoms. The van der Waals surface area contributed by atoms with E-state index in [9.17, 15) is 9.59 Å². The summed E-state index contributed by atoms with van der Waals surface area (Å²) in [5.74, 6) is -1.01. The second-order valence-electron chi connectivity index (χ2n) is 4.93. The minimum Gasteiger partial charge on any atom is -0.480 e. The lowest BCUT2D eigenvalue weighted by atomic mass is 10.1. The SMILES string of the molecule is CCCC[C@H](NC(=O)NC(C)c1cccc(Br)c1)C(=O)O. The smallest absolute Gasteiger partial charge is 0.326 e. The van der Waals surface area contributed by atoms with Crippen LogP contribution in [0.4, 0.5) is 4.79 Å². The molecule has 0 heterocycles. The highest BCUT2D eigenvalue weighted by atomic mass is 79.9. The van der Waals surface area contributed by atoms with E-state index in [4.69, 9.17) is 5.11 Å². The molecule has 0 spiro atoms. The van der Waals surface area contributed by atoms with Crippen LogP contribution in [0.3, 0.4) is 0 Å². The molecule has 0 radical (unpaired) electrons. The summed E-state index contributed by atoms with van der Waals surface area (Å²) in [6, 6.07) is 6.09. The fourth-order valence-electron chi connectivity index (χ4n) is 1.92. The van der Waals surface area contributed by atoms with Gasteiger partial charge in [-0.05, 0) is 31.0 Å². The second kappa shape index (κ2) is 8.67. The lowest BCUT2D eigenvalue weighted by molar-refractivity contribution is -0.139. The maximum absolute atomic E-state index is 11.9. The summed E-state index contributed by atoms with van der Waals surface area (Å²) < 4.78 is 0.931. The Labute approximate surface area is 133 Å². The van der Waals surface area contributed by atoms with E-state index >= 15 is 0 Å². The highest BCUT2D eigenvalue weighted by Gasteiger charge is 2.20. The molecule has 2 atom stereocenters. The van der Waals surface area contributed by atoms with Gasteiger partial charge in [0, 0.05) is 4.47 Å². The molecule has 3 N–H and O–H groups in total. The van der Waals surface area contributed by atoms with Crippen LogP contribution >= 0.6 is 15.9 Å². The molecule has 0 fully saturated rings. The molecule has 0 saturated heterocycles. The van der Waals surface area contributed by atoms with Gasteiger partial charge in [0.05, 0.1) is 6.04 Å². The number of urea groups is 1. The maximum Gasteiger partial charge on any atom is 0.326 e. The Morgan fingerprint density at radius 1 is 1.33 bits per heavy atom. The number of halogens is 1. The van der Waals surface area contributed by atoms with Gasteiger partial charge in [0.1, 0.15) is 6.04 Å². The van der Waals surface area contributed by atoms with Gasteiger partial charge in [-0.15, -0.1) is 0 Å². The lowest BCUT2D eigenvalue weighted by Gasteiger charge is -2.18. The van der Waals surface area contributed by atoms with Crippen molar-refractivity contribution < 1.29 is 14.7 Å². The van der Waals surface area contributed by atoms with Gasteiger partial charge in [0.25, 0.3) is 0 Å². The summed E-state index contributed by atoms with van der Waals surface area (Å²) in [6.45, 7) is 3.83. The van der Waals surface area contributed by atoms with Crippen LogP contribution in [0, 0.1) is 0 Å². The minimum absolute atomic E-state index is 0.205. The highest BCUT2D eigenvalue weighted by Crippen LogP contribution is 2.17. The maximum atomic E-state index is 11.9. The predicted molar refractivity (Wildman–Crippen MR) is 85.2 cm³/mol. The summed E-state index contributed by atoms with van der Waals surface area (Å²) in [5.41, 5.74) is 0.944. The van der Waals surface area contributed by atoms with Gasteiger partial charge >= 0.3 is 12.0 Å². The molecule has 116 valence electrons. The summed E-state index contributed by atoms with van der Waals surface area (Å²) in [6.07, 6.45) is 2.09. The molecule has 1 aromatic carbocycles. The van der Waals surface area contributed by atoms with E-state index < -0.39 is 18.0 Å². The van der Waals surface area contributed by atoms with E-state index in [1.54, 1.807) is 0 Å². The Morgan fingerprint density at radius 3 is 2.62 bits per heavy atom. The van der Waals surface area contributed by atoms with Crippen LogP contribution in [0.1, 0.15) is 44.7 Å². The molecular weight excluding hydrogens is 336 g/mol. The third kappa shape index (κ3) is 6.16. The number of nitrogens with one attached hydrogen (secondary N) is 2. The molecule has 2 amide bonds. The number of carbonyl (C=O) groups is 2. The van der Waals surface area contributed by atoms with E-state index in [0.29, 0.717) is 6.42 Å². The summed E-state index contributed by atoms with van der Waals surface area (Å²) in [7, 11) is 0. The Bertz CT molecular complexity index is 494. The fraction of sp³-hybridized carbons (Fsp3) is 0.467. The first-order valence-corrected chi connectivity index (χ1v) is 7.78. The van der Waals surface area contributed by atoms with Crippen LogP contribution in [0.2, 0.25) is 0 Å². The van der Waals surface area contributed by atoms with Crippen LogP contribution < -0.4 is 10.6 Å². The van der Waals surface area contributed by atoms with E-state index in [0.717, 1.165) is 22.9 Å². The minimum atomic E-state index is -1.01. The van der Waals surface area contributed by atoms with Crippen LogP contribution in [0.5, 0.6) is 0 Å². The number of amides is 2. The van der Waals surface area contributed by atoms with Gasteiger partial charge in [0.2, 0.25) is 0 Å². The fourth-order valence-corrected chi connectivity index (χ4v) is 2.34. The first-order chi connectivity index (χ1) is 9.93. The molecule has 1 unspecified atom stereocenters. The number of hydrogen-bond acceptors (Lipinski definition) is 2. The number of hydrogen-bond donors (Lipinski definition) is 3. The Morgan fingerprint density at radius 2 is 2.05 bits per heavy atom. The summed E-state index contributed by atoms with van der Waals surface area (Å²) in [4.78, 5) is 23.0. The molecule has 0 saturated carbocycles. The molecule has 0 aromatic heterocycles. The van der Waals surface area contributed by atoms with Crippen LogP contribution in [0.25, 0.3) is 0 Å². The third-order valence-corrected chi connectivity index (χ3v) is 3.64. The molecule has 6 heteroatoms. The Kier molecular flexibility index (Phi) is 7.22. The molecule has 0 aliphatic heterocycles. The number of rotatable bonds is 7. The lowest BCUT2D eigenvalue weighted by Crippen LogP contribution is -2.46. The molecule has 0 aliphatic rings. The number of carbonyl (C=O) groups excluding carboxylic acids is 1. The second-order valence-corrected chi connectivity index (χ2v) is 5.84. The van der Waals surface area contributed by atoms with E-state index in [1.165, 1.54) is 0 Å². The van der Waals surface area contributed by atoms with Gasteiger partial charge in [-0.25, -0.2) is 9.59 Å². The van der Waals surface area contributed by atoms with Gasteiger partial charge in [-0.1, -0.05) is 47.8 Å². The van der Waals surface area contributed by atoms with Crippen molar-refractivity contribution in [3.63, 3.8) is 0 Å². The monoisotopic (exact) mass is 356 g/mol. The Hall–Kier alpha value is -1.56. The summed E-state index contributed by atoms with van der Waals surface area (Å²) in [5, 5.41) is 14.3. The van der Waals surface area contributed by atoms with Crippen molar-refractivity contribution in [1.29, 1.82) is 0 Å². The zero-order valence-electron chi connectivity index (χ0n) is 12.2. The van der Waals surface area contributed by atoms with Gasteiger partial charge in [-0.3, -0.25) is 0 Å². The average Bonchev–Trinajstić information content (AvgIpc) is 2.43. The van der Waals surface area contributed by atoms with Gasteiger partial charge in [0.15, 0.2) is 0 Å². The van der Waals surface area contributed by atoms with Crippen molar-refractivity contribution in [1.82, 2.24) is 10.6 Å². The zero-order chi connectivity index (χ0) is 15.8. The van der Waals surface area contributed by atoms with E-state index in [2.05, 4.69) is 26.6 Å². The van der Waals surface area contributed by atoms with Crippen molar-refractivity contribution in [2.75, 3.05) is 0 Å². The molecule has 5 nitrogen and oxygen atoms in total. The molecule has 1 aromatic rings. The molecular formula is C15H21BrN2O3. The highest BCUT2D eigenvalue weighted by molar-refractivity contribution is 9.10. The third-order valence-electron chi connectivity index (χ3n) is 3.15. The van der Waals surface area contributed by atoms with Gasteiger partial charge in [-0.2, -0.15) is 0 Å². The summed E-state index contributed by atoms with van der Waals surface area (Å²) >= 11 is 3.38. The number of carboxylic acids is 1. The van der Waals surface area contributed by atoms with E-state index in [-0.39, 0.29) is 6.04 Å². The predicted octanol–water partition coefficient (Wildman–Crippen LogP) is 3.45. The van der Waals surface area contributed by atoms with Crippen molar-refractivity contribution in [2.45, 2.75) is 45.2 Å². The van der Waals surface area contributed by atoms with Crippen LogP contribution in [-0.2, 0) is 4.79 Å². The first-order valence-electron chi connectivity index (χ1n) is 6.99. The van der Waals surface area contributed by atoms with Crippen molar-refractivity contribution in [3.8, 4) is 0 Å². The quantitative estimate of drug-likeness (QED) is 0.699. The van der Waals surface area contributed by atoms with Gasteiger partial charge < -0.3 is 15.7 Å². The molecule has 1 rings (SSSR count). The van der Waals surface area contributed by atoms with Crippen LogP contribution in [0.15, 0.2) is 28.7 Å². The average molecular weight is 357 g/mol. The van der Waals surface area contributed by atoms with Crippen molar-refractivity contribution in [3.05, 3.63) is 34.3 Å². The topological polar surface area (TPSA) is 78.4 Å². The standard InChI is InChI=1S/C15H21BrN2O3/c1-3-4-8-13(14(19)20)18-15(21)17-10(2)11-6-5-7-12(16)9-11/h5-7,9-10,13H,3-4,8H2,1-2H3,(H,19,20)(H2,17,18,21)/t10?,13-/m0/s1. The van der Waals surface area contributed by atoms with E-state index in [1.807, 2.05) is 38.1 Å². The molecule has 0 bridgehead atoms. The zero-order valence-corrected chi connectivity index (χ0v) is 13.8. The molecule has 0 aliphatic carbocycles.